The van der Waals surface area contributed by atoms with Gasteiger partial charge in [-0.3, -0.25) is 0 Å². The number of ether oxygens (including phenoxy) is 1. The molecule has 2 aromatic rings. The first-order chi connectivity index (χ1) is 11.7. The average molecular weight is 345 g/mol. The minimum Gasteiger partial charge on any atom is -0.493 e. The maximum absolute atomic E-state index is 12.4. The van der Waals surface area contributed by atoms with Crippen LogP contribution in [0.15, 0.2) is 35.5 Å². The molecule has 0 saturated carbocycles. The van der Waals surface area contributed by atoms with E-state index in [0.29, 0.717) is 30.4 Å². The smallest absolute Gasteiger partial charge is 0.410 e. The topological polar surface area (TPSA) is 75.6 Å². The molecule has 0 radical (unpaired) electrons. The number of amides is 1. The van der Waals surface area contributed by atoms with Crippen molar-refractivity contribution in [3.63, 3.8) is 0 Å². The second-order valence-electron chi connectivity index (χ2n) is 5.52. The lowest BCUT2D eigenvalue weighted by Crippen LogP contribution is -2.31. The van der Waals surface area contributed by atoms with Gasteiger partial charge >= 0.3 is 6.09 Å². The van der Waals surface area contributed by atoms with E-state index in [1.807, 2.05) is 36.6 Å². The van der Waals surface area contributed by atoms with Crippen molar-refractivity contribution in [3.05, 3.63) is 47.2 Å². The Bertz CT molecular complexity index is 725. The van der Waals surface area contributed by atoms with Gasteiger partial charge in [0.15, 0.2) is 5.16 Å². The molecule has 1 aromatic carbocycles. The van der Waals surface area contributed by atoms with E-state index in [1.54, 1.807) is 4.90 Å². The lowest BCUT2D eigenvalue weighted by molar-refractivity contribution is 0.0938. The summed E-state index contributed by atoms with van der Waals surface area (Å²) in [6.45, 7) is 1.14. The summed E-state index contributed by atoms with van der Waals surface area (Å²) in [5.74, 6) is 0.0175. The number of rotatable bonds is 3. The first-order valence-corrected chi connectivity index (χ1v) is 8.98. The van der Waals surface area contributed by atoms with Gasteiger partial charge in [0, 0.05) is 12.1 Å². The summed E-state index contributed by atoms with van der Waals surface area (Å²) in [6, 6.07) is 9.58. The number of aromatic nitrogens is 2. The number of hydrogen-bond acceptors (Lipinski definition) is 6. The fourth-order valence-corrected chi connectivity index (χ4v) is 3.03. The highest BCUT2D eigenvalue weighted by Gasteiger charge is 2.24. The second kappa shape index (κ2) is 7.53. The molecule has 0 atom stereocenters. The molecule has 0 bridgehead atoms. The summed E-state index contributed by atoms with van der Waals surface area (Å²) in [6.07, 6.45) is 2.88. The van der Waals surface area contributed by atoms with Gasteiger partial charge in [0.25, 0.3) is 0 Å². The van der Waals surface area contributed by atoms with Crippen molar-refractivity contribution in [1.82, 2.24) is 14.9 Å². The Morgan fingerprint density at radius 3 is 2.88 bits per heavy atom. The van der Waals surface area contributed by atoms with E-state index in [4.69, 9.17) is 4.74 Å². The van der Waals surface area contributed by atoms with Crippen molar-refractivity contribution >= 4 is 17.9 Å². The molecule has 0 spiro atoms. The first-order valence-electron chi connectivity index (χ1n) is 7.75. The van der Waals surface area contributed by atoms with E-state index in [-0.39, 0.29) is 18.6 Å². The average Bonchev–Trinajstić information content (AvgIpc) is 2.83. The summed E-state index contributed by atoms with van der Waals surface area (Å²) in [4.78, 5) is 22.5. The van der Waals surface area contributed by atoms with E-state index in [1.165, 1.54) is 11.8 Å². The van der Waals surface area contributed by atoms with Crippen molar-refractivity contribution < 1.29 is 14.6 Å². The van der Waals surface area contributed by atoms with Gasteiger partial charge in [-0.25, -0.2) is 9.78 Å². The van der Waals surface area contributed by atoms with Crippen molar-refractivity contribution in [2.24, 2.45) is 0 Å². The monoisotopic (exact) mass is 345 g/mol. The second-order valence-corrected chi connectivity index (χ2v) is 6.30. The summed E-state index contributed by atoms with van der Waals surface area (Å²) >= 11 is 1.36. The fraction of sp³-hybridized carbons (Fsp3) is 0.353. The van der Waals surface area contributed by atoms with Gasteiger partial charge in [0.1, 0.15) is 6.61 Å². The molecule has 7 heteroatoms. The molecule has 126 valence electrons. The van der Waals surface area contributed by atoms with Crippen LogP contribution in [0.4, 0.5) is 4.79 Å². The predicted octanol–water partition coefficient (Wildman–Crippen LogP) is 2.99. The normalized spacial score (nSPS) is 14.0. The van der Waals surface area contributed by atoms with E-state index in [2.05, 4.69) is 9.97 Å². The van der Waals surface area contributed by atoms with Crippen LogP contribution in [0.1, 0.15) is 23.2 Å². The number of hydrogen-bond donors (Lipinski definition) is 1. The van der Waals surface area contributed by atoms with Crippen molar-refractivity contribution in [2.75, 3.05) is 12.8 Å². The largest absolute Gasteiger partial charge is 0.493 e. The Morgan fingerprint density at radius 2 is 2.12 bits per heavy atom. The summed E-state index contributed by atoms with van der Waals surface area (Å²) in [5, 5.41) is 10.6. The molecule has 1 N–H and O–H groups in total. The molecule has 1 aromatic heterocycles. The molecule has 0 aliphatic carbocycles. The standard InChI is InChI=1S/C17H19N3O3S/c1-24-16-18-14-10-20(9-5-8-13(14)15(21)19-16)17(22)23-11-12-6-3-2-4-7-12/h2-4,6-7H,5,8-11H2,1H3,(H,18,19,21). The molecule has 0 unspecified atom stereocenters. The minimum atomic E-state index is -0.365. The highest BCUT2D eigenvalue weighted by molar-refractivity contribution is 7.98. The third kappa shape index (κ3) is 3.79. The zero-order valence-electron chi connectivity index (χ0n) is 13.4. The van der Waals surface area contributed by atoms with Gasteiger partial charge in [-0.2, -0.15) is 4.98 Å². The molecule has 2 heterocycles. The van der Waals surface area contributed by atoms with Crippen LogP contribution < -0.4 is 0 Å². The maximum atomic E-state index is 12.4. The molecule has 1 aliphatic rings. The Kier molecular flexibility index (Phi) is 5.20. The SMILES string of the molecule is CSc1nc(O)c2c(n1)CN(C(=O)OCc1ccccc1)CCC2. The third-order valence-corrected chi connectivity index (χ3v) is 4.44. The molecule has 1 amide bonds. The number of thioether (sulfide) groups is 1. The van der Waals surface area contributed by atoms with Crippen LogP contribution in [-0.2, 0) is 24.3 Å². The molecule has 3 rings (SSSR count). The molecule has 0 saturated heterocycles. The Morgan fingerprint density at radius 1 is 1.33 bits per heavy atom. The molecule has 0 fully saturated rings. The van der Waals surface area contributed by atoms with Gasteiger partial charge in [0.05, 0.1) is 12.2 Å². The van der Waals surface area contributed by atoms with Crippen molar-refractivity contribution in [2.45, 2.75) is 31.1 Å². The Labute approximate surface area is 144 Å². The van der Waals surface area contributed by atoms with E-state index >= 15 is 0 Å². The summed E-state index contributed by atoms with van der Waals surface area (Å²) in [5.41, 5.74) is 2.37. The number of benzene rings is 1. The van der Waals surface area contributed by atoms with Crippen molar-refractivity contribution in [3.8, 4) is 5.88 Å². The van der Waals surface area contributed by atoms with Gasteiger partial charge in [-0.05, 0) is 24.7 Å². The number of carbonyl (C=O) groups excluding carboxylic acids is 1. The van der Waals surface area contributed by atoms with E-state index in [9.17, 15) is 9.90 Å². The summed E-state index contributed by atoms with van der Waals surface area (Å²) in [7, 11) is 0. The van der Waals surface area contributed by atoms with E-state index in [0.717, 1.165) is 17.5 Å². The lowest BCUT2D eigenvalue weighted by atomic mass is 10.1. The number of carbonyl (C=O) groups is 1. The van der Waals surface area contributed by atoms with Crippen LogP contribution in [0.25, 0.3) is 0 Å². The zero-order valence-corrected chi connectivity index (χ0v) is 14.3. The maximum Gasteiger partial charge on any atom is 0.410 e. The molecular weight excluding hydrogens is 326 g/mol. The molecule has 1 aliphatic heterocycles. The molecular formula is C17H19N3O3S. The van der Waals surface area contributed by atoms with E-state index < -0.39 is 0 Å². The van der Waals surface area contributed by atoms with Gasteiger partial charge < -0.3 is 14.7 Å². The Balaban J connectivity index is 1.71. The van der Waals surface area contributed by atoms with Gasteiger partial charge in [0.2, 0.25) is 5.88 Å². The molecule has 6 nitrogen and oxygen atoms in total. The van der Waals surface area contributed by atoms with Crippen molar-refractivity contribution in [1.29, 1.82) is 0 Å². The number of aromatic hydroxyl groups is 1. The zero-order chi connectivity index (χ0) is 16.9. The summed E-state index contributed by atoms with van der Waals surface area (Å²) < 4.78 is 5.40. The van der Waals surface area contributed by atoms with Gasteiger partial charge in [-0.15, -0.1) is 0 Å². The third-order valence-electron chi connectivity index (χ3n) is 3.89. The lowest BCUT2D eigenvalue weighted by Gasteiger charge is -2.20. The van der Waals surface area contributed by atoms with Crippen LogP contribution in [0.2, 0.25) is 0 Å². The highest BCUT2D eigenvalue weighted by Crippen LogP contribution is 2.26. The fourth-order valence-electron chi connectivity index (χ4n) is 2.65. The Hall–Kier alpha value is -2.28. The van der Waals surface area contributed by atoms with Gasteiger partial charge in [-0.1, -0.05) is 42.1 Å². The minimum absolute atomic E-state index is 0.0175. The highest BCUT2D eigenvalue weighted by atomic mass is 32.2. The van der Waals surface area contributed by atoms with Crippen LogP contribution in [0.5, 0.6) is 5.88 Å². The van der Waals surface area contributed by atoms with Crippen LogP contribution in [-0.4, -0.2) is 38.9 Å². The quantitative estimate of drug-likeness (QED) is 0.681. The number of fused-ring (bicyclic) bond motifs is 1. The van der Waals surface area contributed by atoms with Crippen LogP contribution >= 0.6 is 11.8 Å². The number of nitrogens with zero attached hydrogens (tertiary/aromatic N) is 3. The predicted molar refractivity (Wildman–Crippen MR) is 90.8 cm³/mol. The first kappa shape index (κ1) is 16.6. The van der Waals surface area contributed by atoms with Crippen LogP contribution in [0.3, 0.4) is 0 Å². The van der Waals surface area contributed by atoms with Crippen LogP contribution in [0, 0.1) is 0 Å². The molecule has 24 heavy (non-hydrogen) atoms.